The zero-order valence-electron chi connectivity index (χ0n) is 24.7. The van der Waals surface area contributed by atoms with Gasteiger partial charge < -0.3 is 14.6 Å². The van der Waals surface area contributed by atoms with Crippen molar-refractivity contribution >= 4 is 5.97 Å². The van der Waals surface area contributed by atoms with E-state index in [-0.39, 0.29) is 29.2 Å². The smallest absolute Gasteiger partial charge is 0.302 e. The van der Waals surface area contributed by atoms with Crippen molar-refractivity contribution in [2.75, 3.05) is 0 Å². The van der Waals surface area contributed by atoms with Gasteiger partial charge in [-0.2, -0.15) is 0 Å². The van der Waals surface area contributed by atoms with Crippen LogP contribution in [0.15, 0.2) is 0 Å². The van der Waals surface area contributed by atoms with Crippen LogP contribution in [-0.4, -0.2) is 34.5 Å². The molecule has 0 spiro atoms. The Kier molecular flexibility index (Phi) is 6.14. The highest BCUT2D eigenvalue weighted by Gasteiger charge is 2.70. The van der Waals surface area contributed by atoms with Gasteiger partial charge in [0.1, 0.15) is 6.10 Å². The number of rotatable bonds is 3. The molecule has 0 aromatic heterocycles. The predicted octanol–water partition coefficient (Wildman–Crippen LogP) is 7.31. The summed E-state index contributed by atoms with van der Waals surface area (Å²) in [7, 11) is 0. The van der Waals surface area contributed by atoms with Gasteiger partial charge in [-0.25, -0.2) is 0 Å². The molecule has 36 heavy (non-hydrogen) atoms. The van der Waals surface area contributed by atoms with Crippen molar-refractivity contribution in [3.05, 3.63) is 0 Å². The molecule has 10 atom stereocenters. The highest BCUT2D eigenvalue weighted by molar-refractivity contribution is 5.66. The highest BCUT2D eigenvalue weighted by atomic mass is 16.5. The minimum atomic E-state index is -0.770. The fourth-order valence-electron chi connectivity index (χ4n) is 11.5. The molecule has 0 aromatic carbocycles. The molecule has 4 nitrogen and oxygen atoms in total. The van der Waals surface area contributed by atoms with Crippen LogP contribution in [0.5, 0.6) is 0 Å². The Bertz CT molecular complexity index is 889. The Morgan fingerprint density at radius 2 is 1.47 bits per heavy atom. The maximum Gasteiger partial charge on any atom is 0.302 e. The van der Waals surface area contributed by atoms with Crippen LogP contribution in [0, 0.1) is 45.3 Å². The van der Waals surface area contributed by atoms with Crippen molar-refractivity contribution in [3.63, 3.8) is 0 Å². The minimum Gasteiger partial charge on any atom is -0.462 e. The minimum absolute atomic E-state index is 0.0211. The Morgan fingerprint density at radius 1 is 0.806 bits per heavy atom. The molecule has 4 heteroatoms. The summed E-state index contributed by atoms with van der Waals surface area (Å²) in [6.45, 7) is 20.4. The lowest BCUT2D eigenvalue weighted by Gasteiger charge is -2.70. The van der Waals surface area contributed by atoms with Crippen molar-refractivity contribution in [2.24, 2.45) is 45.3 Å². The highest BCUT2D eigenvalue weighted by Crippen LogP contribution is 2.76. The lowest BCUT2D eigenvalue weighted by Crippen LogP contribution is -2.64. The quantitative estimate of drug-likeness (QED) is 0.411. The maximum atomic E-state index is 11.9. The van der Waals surface area contributed by atoms with E-state index in [0.29, 0.717) is 34.0 Å². The molecule has 0 radical (unpaired) electrons. The number of fused-ring (bicyclic) bond motifs is 5. The van der Waals surface area contributed by atoms with Gasteiger partial charge in [-0.3, -0.25) is 4.79 Å². The third-order valence-corrected chi connectivity index (χ3v) is 13.5. The van der Waals surface area contributed by atoms with E-state index in [9.17, 15) is 9.90 Å². The van der Waals surface area contributed by atoms with Crippen molar-refractivity contribution in [3.8, 4) is 0 Å². The molecule has 0 bridgehead atoms. The summed E-state index contributed by atoms with van der Waals surface area (Å²) < 4.78 is 12.6. The molecule has 0 unspecified atom stereocenters. The summed E-state index contributed by atoms with van der Waals surface area (Å²) >= 11 is 0. The summed E-state index contributed by atoms with van der Waals surface area (Å²) in [5, 5.41) is 10.7. The Labute approximate surface area is 220 Å². The van der Waals surface area contributed by atoms with E-state index in [1.165, 1.54) is 44.9 Å². The van der Waals surface area contributed by atoms with Crippen LogP contribution in [-0.2, 0) is 14.3 Å². The Hall–Kier alpha value is -0.610. The lowest BCUT2D eigenvalue weighted by molar-refractivity contribution is -0.231. The molecule has 1 N–H and O–H groups in total. The van der Waals surface area contributed by atoms with Gasteiger partial charge in [-0.05, 0) is 125 Å². The summed E-state index contributed by atoms with van der Waals surface area (Å²) in [6.07, 6.45) is 11.9. The number of hydrogen-bond acceptors (Lipinski definition) is 4. The van der Waals surface area contributed by atoms with Crippen LogP contribution < -0.4 is 0 Å². The van der Waals surface area contributed by atoms with Gasteiger partial charge in [0.25, 0.3) is 0 Å². The second kappa shape index (κ2) is 8.20. The molecule has 206 valence electrons. The molecule has 0 amide bonds. The largest absolute Gasteiger partial charge is 0.462 e. The number of carbonyl (C=O) groups is 1. The second-order valence-electron chi connectivity index (χ2n) is 15.9. The van der Waals surface area contributed by atoms with Crippen molar-refractivity contribution < 1.29 is 19.4 Å². The first-order valence-corrected chi connectivity index (χ1v) is 15.1. The fourth-order valence-corrected chi connectivity index (χ4v) is 11.5. The van der Waals surface area contributed by atoms with Gasteiger partial charge in [0, 0.05) is 12.3 Å². The fraction of sp³-hybridized carbons (Fsp3) is 0.969. The second-order valence-corrected chi connectivity index (χ2v) is 15.9. The van der Waals surface area contributed by atoms with Gasteiger partial charge in [-0.1, -0.05) is 34.6 Å². The molecule has 5 rings (SSSR count). The average molecular weight is 503 g/mol. The summed E-state index contributed by atoms with van der Waals surface area (Å²) in [6, 6.07) is 0. The SMILES string of the molecule is CC(=O)O[C@@H]1CC[C@]2(C)[C@H](CC[C@@]3(C)[C@H]2CC[C@@H]2[C@@H]([C@]4(C)CC[C@@H](C(C)(C)O)O4)CC[C@@]23C)C1(C)C. The number of carbonyl (C=O) groups excluding carboxylic acids is 1. The van der Waals surface area contributed by atoms with Gasteiger partial charge in [0.2, 0.25) is 0 Å². The third kappa shape index (κ3) is 3.62. The van der Waals surface area contributed by atoms with Crippen molar-refractivity contribution in [1.29, 1.82) is 0 Å². The van der Waals surface area contributed by atoms with E-state index in [1.807, 2.05) is 13.8 Å². The molecule has 0 aromatic rings. The maximum absolute atomic E-state index is 11.9. The first-order valence-electron chi connectivity index (χ1n) is 15.1. The first kappa shape index (κ1) is 27.0. The number of hydrogen-bond donors (Lipinski definition) is 1. The van der Waals surface area contributed by atoms with Gasteiger partial charge in [0.15, 0.2) is 0 Å². The van der Waals surface area contributed by atoms with Crippen LogP contribution in [0.3, 0.4) is 0 Å². The van der Waals surface area contributed by atoms with Gasteiger partial charge in [-0.15, -0.1) is 0 Å². The summed E-state index contributed by atoms with van der Waals surface area (Å²) in [5.74, 6) is 2.49. The number of ether oxygens (including phenoxy) is 2. The molecule has 4 aliphatic carbocycles. The van der Waals surface area contributed by atoms with E-state index in [1.54, 1.807) is 6.92 Å². The van der Waals surface area contributed by atoms with E-state index < -0.39 is 5.60 Å². The average Bonchev–Trinajstić information content (AvgIpc) is 3.32. The Morgan fingerprint density at radius 3 is 2.08 bits per heavy atom. The monoisotopic (exact) mass is 502 g/mol. The molecule has 5 fully saturated rings. The molecule has 1 aliphatic heterocycles. The predicted molar refractivity (Wildman–Crippen MR) is 143 cm³/mol. The van der Waals surface area contributed by atoms with Crippen LogP contribution in [0.2, 0.25) is 0 Å². The summed E-state index contributed by atoms with van der Waals surface area (Å²) in [4.78, 5) is 11.9. The molecule has 1 heterocycles. The number of esters is 1. The molecular weight excluding hydrogens is 448 g/mol. The van der Waals surface area contributed by atoms with E-state index in [2.05, 4.69) is 41.5 Å². The zero-order chi connectivity index (χ0) is 26.5. The van der Waals surface area contributed by atoms with Crippen LogP contribution in [0.4, 0.5) is 0 Å². The third-order valence-electron chi connectivity index (χ3n) is 13.5. The molecule has 1 saturated heterocycles. The lowest BCUT2D eigenvalue weighted by atomic mass is 9.35. The van der Waals surface area contributed by atoms with E-state index >= 15 is 0 Å². The Balaban J connectivity index is 1.42. The standard InChI is InChI=1S/C32H54O4/c1-20(33)35-25-14-16-29(6)23(27(25,2)3)13-18-31(8)24(29)11-10-21-22(12-17-30(21,31)7)32(9)19-15-26(36-32)28(4,5)34/h21-26,34H,10-19H2,1-9H3/t21-,22+,23-,24+,25-,26+,29-,30+,31+,32+/m1/s1. The van der Waals surface area contributed by atoms with Crippen LogP contribution >= 0.6 is 0 Å². The van der Waals surface area contributed by atoms with E-state index in [0.717, 1.165) is 25.2 Å². The normalized spacial score (nSPS) is 52.3. The number of aliphatic hydroxyl groups is 1. The van der Waals surface area contributed by atoms with Crippen molar-refractivity contribution in [1.82, 2.24) is 0 Å². The first-order chi connectivity index (χ1) is 16.5. The topological polar surface area (TPSA) is 55.8 Å². The summed E-state index contributed by atoms with van der Waals surface area (Å²) in [5.41, 5.74) is 0.122. The van der Waals surface area contributed by atoms with Gasteiger partial charge in [0.05, 0.1) is 17.3 Å². The van der Waals surface area contributed by atoms with Gasteiger partial charge >= 0.3 is 5.97 Å². The van der Waals surface area contributed by atoms with Crippen molar-refractivity contribution in [2.45, 2.75) is 150 Å². The zero-order valence-corrected chi connectivity index (χ0v) is 24.7. The van der Waals surface area contributed by atoms with E-state index in [4.69, 9.17) is 9.47 Å². The molecule has 4 saturated carbocycles. The molecular formula is C32H54O4. The van der Waals surface area contributed by atoms with Crippen LogP contribution in [0.1, 0.15) is 127 Å². The van der Waals surface area contributed by atoms with Crippen LogP contribution in [0.25, 0.3) is 0 Å². The molecule has 5 aliphatic rings.